The van der Waals surface area contributed by atoms with Crippen molar-refractivity contribution < 1.29 is 9.90 Å². The number of aryl methyl sites for hydroxylation is 1. The van der Waals surface area contributed by atoms with Crippen LogP contribution in [0.4, 0.5) is 0 Å². The van der Waals surface area contributed by atoms with Crippen molar-refractivity contribution in [2.45, 2.75) is 43.9 Å². The van der Waals surface area contributed by atoms with Gasteiger partial charge in [0.2, 0.25) is 0 Å². The summed E-state index contributed by atoms with van der Waals surface area (Å²) in [6.07, 6.45) is 3.36. The summed E-state index contributed by atoms with van der Waals surface area (Å²) < 4.78 is 0. The van der Waals surface area contributed by atoms with Gasteiger partial charge in [-0.2, -0.15) is 0 Å². The van der Waals surface area contributed by atoms with Crippen molar-refractivity contribution in [3.8, 4) is 0 Å². The lowest BCUT2D eigenvalue weighted by Crippen LogP contribution is -2.31. The van der Waals surface area contributed by atoms with Crippen LogP contribution in [0.3, 0.4) is 0 Å². The highest BCUT2D eigenvalue weighted by Crippen LogP contribution is 2.40. The number of carbonyl (C=O) groups is 1. The van der Waals surface area contributed by atoms with E-state index in [1.807, 2.05) is 0 Å². The van der Waals surface area contributed by atoms with Gasteiger partial charge in [0.15, 0.2) is 0 Å². The quantitative estimate of drug-likeness (QED) is 0.928. The highest BCUT2D eigenvalue weighted by Gasteiger charge is 2.38. The maximum atomic E-state index is 11.1. The number of benzene rings is 1. The van der Waals surface area contributed by atoms with E-state index in [-0.39, 0.29) is 5.92 Å². The van der Waals surface area contributed by atoms with Crippen LogP contribution in [-0.4, -0.2) is 27.4 Å². The molecule has 1 fully saturated rings. The average molecular weight is 289 g/mol. The molecule has 0 amide bonds. The van der Waals surface area contributed by atoms with Gasteiger partial charge in [0.05, 0.1) is 17.0 Å². The molecule has 106 valence electrons. The molecule has 3 unspecified atom stereocenters. The van der Waals surface area contributed by atoms with Gasteiger partial charge in [-0.15, -0.1) is 11.8 Å². The molecule has 1 saturated carbocycles. The Bertz CT molecular complexity index is 555. The maximum absolute atomic E-state index is 11.1. The SMILES string of the molecule is Cc1ccccc1CC1=NC2CCC(C(=O)O)CC2S1. The Kier molecular flexibility index (Phi) is 3.83. The molecule has 3 nitrogen and oxygen atoms in total. The lowest BCUT2D eigenvalue weighted by atomic mass is 9.86. The van der Waals surface area contributed by atoms with Crippen molar-refractivity contribution in [2.24, 2.45) is 10.9 Å². The summed E-state index contributed by atoms with van der Waals surface area (Å²) in [5, 5.41) is 10.7. The largest absolute Gasteiger partial charge is 0.481 e. The van der Waals surface area contributed by atoms with Crippen LogP contribution in [-0.2, 0) is 11.2 Å². The van der Waals surface area contributed by atoms with E-state index in [0.717, 1.165) is 25.7 Å². The molecule has 3 atom stereocenters. The van der Waals surface area contributed by atoms with Gasteiger partial charge in [0.1, 0.15) is 0 Å². The van der Waals surface area contributed by atoms with Crippen molar-refractivity contribution in [3.05, 3.63) is 35.4 Å². The molecular formula is C16H19NO2S. The van der Waals surface area contributed by atoms with Gasteiger partial charge in [0, 0.05) is 11.7 Å². The molecule has 0 aromatic heterocycles. The van der Waals surface area contributed by atoms with Gasteiger partial charge in [-0.05, 0) is 37.3 Å². The second-order valence-electron chi connectivity index (χ2n) is 5.70. The normalized spacial score (nSPS) is 28.9. The molecule has 20 heavy (non-hydrogen) atoms. The first-order valence-electron chi connectivity index (χ1n) is 7.14. The Morgan fingerprint density at radius 1 is 1.40 bits per heavy atom. The fraction of sp³-hybridized carbons (Fsp3) is 0.500. The summed E-state index contributed by atoms with van der Waals surface area (Å²) in [6, 6.07) is 8.74. The van der Waals surface area contributed by atoms with Crippen LogP contribution in [0.1, 0.15) is 30.4 Å². The molecule has 3 rings (SSSR count). The molecule has 1 N–H and O–H groups in total. The molecule has 1 aliphatic heterocycles. The smallest absolute Gasteiger partial charge is 0.306 e. The fourth-order valence-electron chi connectivity index (χ4n) is 3.06. The standard InChI is InChI=1S/C16H19NO2S/c1-10-4-2-3-5-11(10)9-15-17-13-7-6-12(16(18)19)8-14(13)20-15/h2-5,12-14H,6-9H2,1H3,(H,18,19). The molecule has 2 aliphatic rings. The van der Waals surface area contributed by atoms with E-state index in [1.165, 1.54) is 16.2 Å². The fourth-order valence-corrected chi connectivity index (χ4v) is 4.53. The molecule has 1 heterocycles. The van der Waals surface area contributed by atoms with Crippen LogP contribution in [0.15, 0.2) is 29.3 Å². The molecule has 1 aromatic carbocycles. The van der Waals surface area contributed by atoms with E-state index in [0.29, 0.717) is 11.3 Å². The minimum Gasteiger partial charge on any atom is -0.481 e. The van der Waals surface area contributed by atoms with Crippen LogP contribution in [0.5, 0.6) is 0 Å². The molecule has 4 heteroatoms. The Labute approximate surface area is 123 Å². The minimum atomic E-state index is -0.642. The third-order valence-corrected chi connectivity index (χ3v) is 5.64. The Morgan fingerprint density at radius 2 is 2.20 bits per heavy atom. The van der Waals surface area contributed by atoms with Crippen molar-refractivity contribution in [1.82, 2.24) is 0 Å². The summed E-state index contributed by atoms with van der Waals surface area (Å²) in [5.74, 6) is -0.812. The van der Waals surface area contributed by atoms with E-state index in [2.05, 4.69) is 31.2 Å². The van der Waals surface area contributed by atoms with Crippen molar-refractivity contribution in [1.29, 1.82) is 0 Å². The van der Waals surface area contributed by atoms with Crippen molar-refractivity contribution >= 4 is 22.8 Å². The number of aliphatic carboxylic acids is 1. The topological polar surface area (TPSA) is 49.7 Å². The summed E-state index contributed by atoms with van der Waals surface area (Å²) >= 11 is 1.81. The molecule has 0 spiro atoms. The van der Waals surface area contributed by atoms with E-state index >= 15 is 0 Å². The van der Waals surface area contributed by atoms with Gasteiger partial charge >= 0.3 is 5.97 Å². The van der Waals surface area contributed by atoms with E-state index < -0.39 is 5.97 Å². The minimum absolute atomic E-state index is 0.170. The molecule has 0 radical (unpaired) electrons. The van der Waals surface area contributed by atoms with Crippen LogP contribution in [0, 0.1) is 12.8 Å². The highest BCUT2D eigenvalue weighted by molar-refractivity contribution is 8.14. The number of nitrogens with zero attached hydrogens (tertiary/aromatic N) is 1. The van der Waals surface area contributed by atoms with E-state index in [1.54, 1.807) is 11.8 Å². The van der Waals surface area contributed by atoms with Gasteiger partial charge < -0.3 is 5.11 Å². The lowest BCUT2D eigenvalue weighted by Gasteiger charge is -2.27. The maximum Gasteiger partial charge on any atom is 0.306 e. The summed E-state index contributed by atoms with van der Waals surface area (Å²) in [7, 11) is 0. The first kappa shape index (κ1) is 13.7. The number of fused-ring (bicyclic) bond motifs is 1. The van der Waals surface area contributed by atoms with Crippen LogP contribution < -0.4 is 0 Å². The number of hydrogen-bond acceptors (Lipinski definition) is 3. The second-order valence-corrected chi connectivity index (χ2v) is 7.01. The first-order valence-corrected chi connectivity index (χ1v) is 8.02. The van der Waals surface area contributed by atoms with Crippen LogP contribution in [0.25, 0.3) is 0 Å². The van der Waals surface area contributed by atoms with Crippen molar-refractivity contribution in [3.63, 3.8) is 0 Å². The number of carboxylic acids is 1. The van der Waals surface area contributed by atoms with Gasteiger partial charge in [-0.25, -0.2) is 0 Å². The number of carboxylic acid groups (broad SMARTS) is 1. The predicted molar refractivity (Wildman–Crippen MR) is 82.5 cm³/mol. The summed E-state index contributed by atoms with van der Waals surface area (Å²) in [5.41, 5.74) is 2.63. The summed E-state index contributed by atoms with van der Waals surface area (Å²) in [6.45, 7) is 2.13. The van der Waals surface area contributed by atoms with Gasteiger partial charge in [0.25, 0.3) is 0 Å². The van der Waals surface area contributed by atoms with Crippen LogP contribution >= 0.6 is 11.8 Å². The summed E-state index contributed by atoms with van der Waals surface area (Å²) in [4.78, 5) is 15.9. The Morgan fingerprint density at radius 3 is 2.95 bits per heavy atom. The zero-order chi connectivity index (χ0) is 14.1. The monoisotopic (exact) mass is 289 g/mol. The molecule has 0 bridgehead atoms. The van der Waals surface area contributed by atoms with Gasteiger partial charge in [-0.1, -0.05) is 24.3 Å². The average Bonchev–Trinajstić information content (AvgIpc) is 2.82. The number of rotatable bonds is 3. The molecular weight excluding hydrogens is 270 g/mol. The van der Waals surface area contributed by atoms with Gasteiger partial charge in [-0.3, -0.25) is 9.79 Å². The molecule has 1 aliphatic carbocycles. The second kappa shape index (κ2) is 5.60. The Hall–Kier alpha value is -1.29. The van der Waals surface area contributed by atoms with Crippen molar-refractivity contribution in [2.75, 3.05) is 0 Å². The van der Waals surface area contributed by atoms with E-state index in [4.69, 9.17) is 10.1 Å². The third-order valence-electron chi connectivity index (χ3n) is 4.31. The van der Waals surface area contributed by atoms with Crippen LogP contribution in [0.2, 0.25) is 0 Å². The lowest BCUT2D eigenvalue weighted by molar-refractivity contribution is -0.142. The zero-order valence-electron chi connectivity index (χ0n) is 11.6. The van der Waals surface area contributed by atoms with E-state index in [9.17, 15) is 4.79 Å². The Balaban J connectivity index is 1.67. The first-order chi connectivity index (χ1) is 9.63. The third kappa shape index (κ3) is 2.75. The molecule has 0 saturated heterocycles. The molecule has 1 aromatic rings. The number of aliphatic imine (C=N–C) groups is 1. The number of thioether (sulfide) groups is 1. The predicted octanol–water partition coefficient (Wildman–Crippen LogP) is 3.30. The highest BCUT2D eigenvalue weighted by atomic mass is 32.2. The number of hydrogen-bond donors (Lipinski definition) is 1. The zero-order valence-corrected chi connectivity index (χ0v) is 12.4.